The highest BCUT2D eigenvalue weighted by molar-refractivity contribution is 9.10. The van der Waals surface area contributed by atoms with Crippen LogP contribution in [0, 0.1) is 6.92 Å². The van der Waals surface area contributed by atoms with Crippen LogP contribution in [0.25, 0.3) is 16.9 Å². The molecule has 1 N–H and O–H groups in total. The van der Waals surface area contributed by atoms with E-state index >= 15 is 0 Å². The van der Waals surface area contributed by atoms with Crippen LogP contribution in [0.5, 0.6) is 0 Å². The second-order valence-corrected chi connectivity index (χ2v) is 7.06. The van der Waals surface area contributed by atoms with Gasteiger partial charge in [0.05, 0.1) is 5.69 Å². The SMILES string of the molecule is Cc1ccc2nc(-c3cccc(NC(=O)c4cccc(Br)c4)c3)cn2c1. The molecule has 26 heavy (non-hydrogen) atoms. The Kier molecular flexibility index (Phi) is 4.31. The topological polar surface area (TPSA) is 46.4 Å². The van der Waals surface area contributed by atoms with Crippen molar-refractivity contribution in [1.29, 1.82) is 0 Å². The van der Waals surface area contributed by atoms with Gasteiger partial charge in [-0.05, 0) is 48.9 Å². The molecule has 4 nitrogen and oxygen atoms in total. The van der Waals surface area contributed by atoms with E-state index < -0.39 is 0 Å². The summed E-state index contributed by atoms with van der Waals surface area (Å²) in [6.07, 6.45) is 4.04. The molecule has 0 aliphatic heterocycles. The molecule has 128 valence electrons. The summed E-state index contributed by atoms with van der Waals surface area (Å²) in [7, 11) is 0. The molecule has 0 aliphatic carbocycles. The molecule has 5 heteroatoms. The lowest BCUT2D eigenvalue weighted by molar-refractivity contribution is 0.102. The number of carbonyl (C=O) groups is 1. The van der Waals surface area contributed by atoms with Crippen molar-refractivity contribution in [3.8, 4) is 11.3 Å². The van der Waals surface area contributed by atoms with E-state index in [4.69, 9.17) is 0 Å². The largest absolute Gasteiger partial charge is 0.322 e. The molecule has 2 aromatic carbocycles. The summed E-state index contributed by atoms with van der Waals surface area (Å²) in [5.74, 6) is -0.144. The second-order valence-electron chi connectivity index (χ2n) is 6.14. The maximum absolute atomic E-state index is 12.4. The van der Waals surface area contributed by atoms with Gasteiger partial charge in [0, 0.05) is 33.7 Å². The third kappa shape index (κ3) is 3.39. The molecule has 0 spiro atoms. The fourth-order valence-electron chi connectivity index (χ4n) is 2.83. The highest BCUT2D eigenvalue weighted by Gasteiger charge is 2.09. The Bertz CT molecular complexity index is 1120. The lowest BCUT2D eigenvalue weighted by Crippen LogP contribution is -2.11. The van der Waals surface area contributed by atoms with Crippen molar-refractivity contribution in [3.63, 3.8) is 0 Å². The fraction of sp³-hybridized carbons (Fsp3) is 0.0476. The predicted octanol–water partition coefficient (Wildman–Crippen LogP) is 5.32. The number of aryl methyl sites for hydroxylation is 1. The Morgan fingerprint density at radius 2 is 1.88 bits per heavy atom. The average molecular weight is 406 g/mol. The minimum absolute atomic E-state index is 0.144. The number of rotatable bonds is 3. The molecule has 4 rings (SSSR count). The summed E-state index contributed by atoms with van der Waals surface area (Å²) < 4.78 is 2.89. The van der Waals surface area contributed by atoms with Gasteiger partial charge >= 0.3 is 0 Å². The monoisotopic (exact) mass is 405 g/mol. The van der Waals surface area contributed by atoms with Crippen molar-refractivity contribution in [1.82, 2.24) is 9.38 Å². The van der Waals surface area contributed by atoms with Gasteiger partial charge in [-0.1, -0.05) is 40.2 Å². The number of imidazole rings is 1. The summed E-state index contributed by atoms with van der Waals surface area (Å²) in [6.45, 7) is 2.05. The molecule has 0 atom stereocenters. The standard InChI is InChI=1S/C21H16BrN3O/c1-14-8-9-20-24-19(13-25(20)12-14)15-4-3-7-18(11-15)23-21(26)16-5-2-6-17(22)10-16/h2-13H,1H3,(H,23,26). The van der Waals surface area contributed by atoms with Crippen LogP contribution in [0.3, 0.4) is 0 Å². The number of amides is 1. The van der Waals surface area contributed by atoms with Gasteiger partial charge in [0.15, 0.2) is 0 Å². The third-order valence-corrected chi connectivity index (χ3v) is 4.60. The Morgan fingerprint density at radius 3 is 2.73 bits per heavy atom. The average Bonchev–Trinajstić information content (AvgIpc) is 3.05. The number of hydrogen-bond donors (Lipinski definition) is 1. The first-order valence-electron chi connectivity index (χ1n) is 8.21. The summed E-state index contributed by atoms with van der Waals surface area (Å²) in [4.78, 5) is 17.1. The van der Waals surface area contributed by atoms with E-state index in [9.17, 15) is 4.79 Å². The maximum atomic E-state index is 12.4. The molecule has 2 heterocycles. The zero-order valence-corrected chi connectivity index (χ0v) is 15.7. The van der Waals surface area contributed by atoms with Crippen LogP contribution in [0.2, 0.25) is 0 Å². The third-order valence-electron chi connectivity index (χ3n) is 4.10. The first-order valence-corrected chi connectivity index (χ1v) is 9.00. The van der Waals surface area contributed by atoms with E-state index in [1.54, 1.807) is 12.1 Å². The van der Waals surface area contributed by atoms with Crippen molar-refractivity contribution < 1.29 is 4.79 Å². The lowest BCUT2D eigenvalue weighted by Gasteiger charge is -2.07. The van der Waals surface area contributed by atoms with Crippen LogP contribution in [0.4, 0.5) is 5.69 Å². The van der Waals surface area contributed by atoms with Crippen LogP contribution >= 0.6 is 15.9 Å². The highest BCUT2D eigenvalue weighted by atomic mass is 79.9. The molecule has 2 aromatic heterocycles. The van der Waals surface area contributed by atoms with E-state index in [1.165, 1.54) is 5.56 Å². The number of halogens is 1. The van der Waals surface area contributed by atoms with Crippen molar-refractivity contribution in [2.24, 2.45) is 0 Å². The normalized spacial score (nSPS) is 10.8. The zero-order valence-electron chi connectivity index (χ0n) is 14.1. The lowest BCUT2D eigenvalue weighted by atomic mass is 10.1. The molecular formula is C21H16BrN3O. The van der Waals surface area contributed by atoms with Gasteiger partial charge in [0.1, 0.15) is 5.65 Å². The Morgan fingerprint density at radius 1 is 1.04 bits per heavy atom. The Labute approximate surface area is 159 Å². The van der Waals surface area contributed by atoms with Gasteiger partial charge in [-0.2, -0.15) is 0 Å². The minimum atomic E-state index is -0.144. The Balaban J connectivity index is 1.62. The van der Waals surface area contributed by atoms with Crippen molar-refractivity contribution in [2.75, 3.05) is 5.32 Å². The van der Waals surface area contributed by atoms with Gasteiger partial charge in [0.25, 0.3) is 5.91 Å². The first kappa shape index (κ1) is 16.5. The van der Waals surface area contributed by atoms with Crippen LogP contribution in [-0.4, -0.2) is 15.3 Å². The number of pyridine rings is 1. The van der Waals surface area contributed by atoms with Crippen molar-refractivity contribution in [3.05, 3.63) is 88.7 Å². The number of anilines is 1. The van der Waals surface area contributed by atoms with E-state index in [0.717, 1.165) is 27.1 Å². The van der Waals surface area contributed by atoms with Crippen LogP contribution < -0.4 is 5.32 Å². The number of carbonyl (C=O) groups excluding carboxylic acids is 1. The first-order chi connectivity index (χ1) is 12.6. The van der Waals surface area contributed by atoms with E-state index in [1.807, 2.05) is 65.3 Å². The van der Waals surface area contributed by atoms with Gasteiger partial charge < -0.3 is 9.72 Å². The summed E-state index contributed by atoms with van der Waals surface area (Å²) in [5.41, 5.74) is 5.24. The Hall–Kier alpha value is -2.92. The number of aromatic nitrogens is 2. The van der Waals surface area contributed by atoms with Crippen molar-refractivity contribution in [2.45, 2.75) is 6.92 Å². The second kappa shape index (κ2) is 6.77. The van der Waals surface area contributed by atoms with E-state index in [0.29, 0.717) is 5.56 Å². The molecule has 0 saturated carbocycles. The molecular weight excluding hydrogens is 390 g/mol. The summed E-state index contributed by atoms with van der Waals surface area (Å²) in [6, 6.07) is 19.1. The van der Waals surface area contributed by atoms with Crippen molar-refractivity contribution >= 4 is 33.2 Å². The molecule has 0 bridgehead atoms. The van der Waals surface area contributed by atoms with Crippen LogP contribution in [0.15, 0.2) is 77.5 Å². The molecule has 0 saturated heterocycles. The summed E-state index contributed by atoms with van der Waals surface area (Å²) in [5, 5.41) is 2.94. The molecule has 0 fully saturated rings. The van der Waals surface area contributed by atoms with E-state index in [-0.39, 0.29) is 5.91 Å². The quantitative estimate of drug-likeness (QED) is 0.500. The fourth-order valence-corrected chi connectivity index (χ4v) is 3.23. The number of hydrogen-bond acceptors (Lipinski definition) is 2. The predicted molar refractivity (Wildman–Crippen MR) is 107 cm³/mol. The smallest absolute Gasteiger partial charge is 0.255 e. The van der Waals surface area contributed by atoms with Gasteiger partial charge in [-0.15, -0.1) is 0 Å². The number of benzene rings is 2. The van der Waals surface area contributed by atoms with Crippen LogP contribution in [0.1, 0.15) is 15.9 Å². The van der Waals surface area contributed by atoms with Gasteiger partial charge in [-0.3, -0.25) is 4.79 Å². The number of fused-ring (bicyclic) bond motifs is 1. The van der Waals surface area contributed by atoms with E-state index in [2.05, 4.69) is 33.2 Å². The zero-order chi connectivity index (χ0) is 18.1. The molecule has 0 radical (unpaired) electrons. The van der Waals surface area contributed by atoms with Crippen LogP contribution in [-0.2, 0) is 0 Å². The van der Waals surface area contributed by atoms with Gasteiger partial charge in [-0.25, -0.2) is 4.98 Å². The molecule has 0 unspecified atom stereocenters. The minimum Gasteiger partial charge on any atom is -0.322 e. The van der Waals surface area contributed by atoms with Gasteiger partial charge in [0.2, 0.25) is 0 Å². The number of nitrogens with zero attached hydrogens (tertiary/aromatic N) is 2. The number of nitrogens with one attached hydrogen (secondary N) is 1. The summed E-state index contributed by atoms with van der Waals surface area (Å²) >= 11 is 3.39. The maximum Gasteiger partial charge on any atom is 0.255 e. The molecule has 1 amide bonds. The molecule has 4 aromatic rings. The molecule has 0 aliphatic rings. The highest BCUT2D eigenvalue weighted by Crippen LogP contribution is 2.23.